The Hall–Kier alpha value is -1.65. The van der Waals surface area contributed by atoms with Crippen LogP contribution in [0.2, 0.25) is 0 Å². The quantitative estimate of drug-likeness (QED) is 0.792. The maximum Gasteiger partial charge on any atom is 0.0949 e. The maximum atomic E-state index is 6.26. The molecule has 18 heavy (non-hydrogen) atoms. The third-order valence-electron chi connectivity index (χ3n) is 2.90. The van der Waals surface area contributed by atoms with Gasteiger partial charge < -0.3 is 15.0 Å². The number of hydrogen-bond acceptors (Lipinski definition) is 3. The second-order valence-corrected chi connectivity index (χ2v) is 4.10. The van der Waals surface area contributed by atoms with Gasteiger partial charge in [0.1, 0.15) is 0 Å². The van der Waals surface area contributed by atoms with Gasteiger partial charge in [0, 0.05) is 13.2 Å². The summed E-state index contributed by atoms with van der Waals surface area (Å²) in [6, 6.07) is 9.90. The Balaban J connectivity index is 2.11. The van der Waals surface area contributed by atoms with Crippen LogP contribution in [0.15, 0.2) is 42.9 Å². The highest BCUT2D eigenvalue weighted by atomic mass is 16.5. The Morgan fingerprint density at radius 3 is 2.83 bits per heavy atom. The van der Waals surface area contributed by atoms with Crippen molar-refractivity contribution in [2.75, 3.05) is 13.2 Å². The second-order valence-electron chi connectivity index (χ2n) is 4.10. The van der Waals surface area contributed by atoms with Crippen molar-refractivity contribution in [1.29, 1.82) is 0 Å². The molecule has 2 aromatic rings. The molecule has 0 radical (unpaired) electrons. The van der Waals surface area contributed by atoms with E-state index < -0.39 is 0 Å². The van der Waals surface area contributed by atoms with Crippen LogP contribution >= 0.6 is 0 Å². The summed E-state index contributed by atoms with van der Waals surface area (Å²) >= 11 is 0. The van der Waals surface area contributed by atoms with Gasteiger partial charge in [-0.25, -0.2) is 4.98 Å². The van der Waals surface area contributed by atoms with Gasteiger partial charge in [0.05, 0.1) is 30.9 Å². The molecule has 96 valence electrons. The standard InChI is InChI=1S/C14H19N3O/c1-2-18-9-8-17-11-16-10-13(17)14(15)12-6-4-3-5-7-12/h3-7,10-11,14H,2,8-9,15H2,1H3. The van der Waals surface area contributed by atoms with E-state index in [9.17, 15) is 0 Å². The Morgan fingerprint density at radius 1 is 1.33 bits per heavy atom. The van der Waals surface area contributed by atoms with Crippen LogP contribution in [-0.4, -0.2) is 22.8 Å². The fourth-order valence-corrected chi connectivity index (χ4v) is 1.92. The van der Waals surface area contributed by atoms with Crippen LogP contribution in [0, 0.1) is 0 Å². The number of aromatic nitrogens is 2. The lowest BCUT2D eigenvalue weighted by molar-refractivity contribution is 0.138. The maximum absolute atomic E-state index is 6.26. The normalized spacial score (nSPS) is 12.6. The number of rotatable bonds is 6. The number of benzene rings is 1. The predicted octanol–water partition coefficient (Wildman–Crippen LogP) is 1.97. The SMILES string of the molecule is CCOCCn1cncc1C(N)c1ccccc1. The van der Waals surface area contributed by atoms with Gasteiger partial charge in [0.15, 0.2) is 0 Å². The summed E-state index contributed by atoms with van der Waals surface area (Å²) in [4.78, 5) is 4.17. The van der Waals surface area contributed by atoms with E-state index in [1.807, 2.05) is 48.0 Å². The largest absolute Gasteiger partial charge is 0.380 e. The molecule has 1 aromatic carbocycles. The lowest BCUT2D eigenvalue weighted by atomic mass is 10.1. The average molecular weight is 245 g/mol. The van der Waals surface area contributed by atoms with Crippen LogP contribution in [0.4, 0.5) is 0 Å². The number of imidazole rings is 1. The summed E-state index contributed by atoms with van der Waals surface area (Å²) in [6.07, 6.45) is 3.63. The van der Waals surface area contributed by atoms with Gasteiger partial charge in [-0.2, -0.15) is 0 Å². The Labute approximate surface area is 107 Å². The second kappa shape index (κ2) is 6.33. The Morgan fingerprint density at radius 2 is 2.11 bits per heavy atom. The van der Waals surface area contributed by atoms with Crippen molar-refractivity contribution < 1.29 is 4.74 Å². The van der Waals surface area contributed by atoms with E-state index in [4.69, 9.17) is 10.5 Å². The molecular formula is C14H19N3O. The molecule has 1 aromatic heterocycles. The number of hydrogen-bond donors (Lipinski definition) is 1. The molecule has 2 rings (SSSR count). The minimum Gasteiger partial charge on any atom is -0.380 e. The third kappa shape index (κ3) is 2.97. The molecule has 4 heteroatoms. The highest BCUT2D eigenvalue weighted by Gasteiger charge is 2.13. The van der Waals surface area contributed by atoms with Gasteiger partial charge in [-0.3, -0.25) is 0 Å². The van der Waals surface area contributed by atoms with Crippen molar-refractivity contribution in [3.05, 3.63) is 54.1 Å². The first-order chi connectivity index (χ1) is 8.83. The molecule has 0 aliphatic carbocycles. The molecule has 1 atom stereocenters. The van der Waals surface area contributed by atoms with Gasteiger partial charge >= 0.3 is 0 Å². The Kier molecular flexibility index (Phi) is 4.50. The molecule has 0 aliphatic heterocycles. The fourth-order valence-electron chi connectivity index (χ4n) is 1.92. The van der Waals surface area contributed by atoms with Gasteiger partial charge in [-0.15, -0.1) is 0 Å². The van der Waals surface area contributed by atoms with Gasteiger partial charge in [-0.05, 0) is 12.5 Å². The molecule has 0 aliphatic rings. The van der Waals surface area contributed by atoms with Crippen LogP contribution in [-0.2, 0) is 11.3 Å². The van der Waals surface area contributed by atoms with Gasteiger partial charge in [-0.1, -0.05) is 30.3 Å². The van der Waals surface area contributed by atoms with E-state index in [2.05, 4.69) is 4.98 Å². The summed E-state index contributed by atoms with van der Waals surface area (Å²) in [6.45, 7) is 4.18. The van der Waals surface area contributed by atoms with Crippen LogP contribution in [0.25, 0.3) is 0 Å². The van der Waals surface area contributed by atoms with Crippen LogP contribution in [0.5, 0.6) is 0 Å². The molecule has 0 saturated carbocycles. The number of nitrogens with zero attached hydrogens (tertiary/aromatic N) is 2. The molecule has 0 amide bonds. The molecule has 0 saturated heterocycles. The first-order valence-electron chi connectivity index (χ1n) is 6.21. The summed E-state index contributed by atoms with van der Waals surface area (Å²) in [5.74, 6) is 0. The monoisotopic (exact) mass is 245 g/mol. The van der Waals surface area contributed by atoms with Crippen molar-refractivity contribution in [3.8, 4) is 0 Å². The summed E-state index contributed by atoms with van der Waals surface area (Å²) in [5, 5.41) is 0. The molecule has 1 unspecified atom stereocenters. The predicted molar refractivity (Wildman–Crippen MR) is 71.2 cm³/mol. The summed E-state index contributed by atoms with van der Waals surface area (Å²) in [7, 11) is 0. The van der Waals surface area contributed by atoms with Crippen molar-refractivity contribution in [3.63, 3.8) is 0 Å². The molecule has 4 nitrogen and oxygen atoms in total. The minimum atomic E-state index is -0.143. The first kappa shape index (κ1) is 12.8. The average Bonchev–Trinajstić information content (AvgIpc) is 2.88. The molecule has 0 bridgehead atoms. The van der Waals surface area contributed by atoms with Gasteiger partial charge in [0.25, 0.3) is 0 Å². The van der Waals surface area contributed by atoms with E-state index in [1.54, 1.807) is 6.33 Å². The van der Waals surface area contributed by atoms with Crippen molar-refractivity contribution >= 4 is 0 Å². The lowest BCUT2D eigenvalue weighted by Crippen LogP contribution is -2.18. The summed E-state index contributed by atoms with van der Waals surface area (Å²) in [5.41, 5.74) is 8.37. The van der Waals surface area contributed by atoms with E-state index in [-0.39, 0.29) is 6.04 Å². The summed E-state index contributed by atoms with van der Waals surface area (Å²) < 4.78 is 7.41. The van der Waals surface area contributed by atoms with E-state index in [1.165, 1.54) is 0 Å². The highest BCUT2D eigenvalue weighted by molar-refractivity contribution is 5.26. The lowest BCUT2D eigenvalue weighted by Gasteiger charge is -2.15. The van der Waals surface area contributed by atoms with E-state index in [0.717, 1.165) is 24.4 Å². The molecule has 0 spiro atoms. The zero-order valence-electron chi connectivity index (χ0n) is 10.6. The van der Waals surface area contributed by atoms with Crippen LogP contribution < -0.4 is 5.73 Å². The molecular weight excluding hydrogens is 226 g/mol. The Bertz CT molecular complexity index is 467. The molecule has 2 N–H and O–H groups in total. The number of nitrogens with two attached hydrogens (primary N) is 1. The molecule has 1 heterocycles. The van der Waals surface area contributed by atoms with Crippen molar-refractivity contribution in [2.24, 2.45) is 5.73 Å². The van der Waals surface area contributed by atoms with Crippen LogP contribution in [0.1, 0.15) is 24.2 Å². The third-order valence-corrected chi connectivity index (χ3v) is 2.90. The molecule has 0 fully saturated rings. The first-order valence-corrected chi connectivity index (χ1v) is 6.21. The number of ether oxygens (including phenoxy) is 1. The minimum absolute atomic E-state index is 0.143. The van der Waals surface area contributed by atoms with Crippen LogP contribution in [0.3, 0.4) is 0 Å². The van der Waals surface area contributed by atoms with Gasteiger partial charge in [0.2, 0.25) is 0 Å². The van der Waals surface area contributed by atoms with E-state index >= 15 is 0 Å². The topological polar surface area (TPSA) is 53.1 Å². The fraction of sp³-hybridized carbons (Fsp3) is 0.357. The van der Waals surface area contributed by atoms with Crippen molar-refractivity contribution in [1.82, 2.24) is 9.55 Å². The smallest absolute Gasteiger partial charge is 0.0949 e. The highest BCUT2D eigenvalue weighted by Crippen LogP contribution is 2.18. The zero-order valence-corrected chi connectivity index (χ0v) is 10.6. The zero-order chi connectivity index (χ0) is 12.8. The van der Waals surface area contributed by atoms with E-state index in [0.29, 0.717) is 6.61 Å². The van der Waals surface area contributed by atoms with Crippen molar-refractivity contribution in [2.45, 2.75) is 19.5 Å².